The van der Waals surface area contributed by atoms with Crippen LogP contribution >= 0.6 is 0 Å². The highest BCUT2D eigenvalue weighted by Crippen LogP contribution is 2.45. The average molecular weight is 325 g/mol. The number of pyridine rings is 1. The van der Waals surface area contributed by atoms with Crippen LogP contribution in [0.1, 0.15) is 24.5 Å². The van der Waals surface area contributed by atoms with E-state index >= 15 is 0 Å². The molecule has 1 saturated carbocycles. The molecule has 0 amide bonds. The van der Waals surface area contributed by atoms with Gasteiger partial charge >= 0.3 is 0 Å². The van der Waals surface area contributed by atoms with E-state index in [1.54, 1.807) is 13.2 Å². The zero-order chi connectivity index (χ0) is 16.7. The Kier molecular flexibility index (Phi) is 3.37. The molecule has 1 N–H and O–H groups in total. The minimum atomic E-state index is -0.243. The van der Waals surface area contributed by atoms with E-state index in [-0.39, 0.29) is 5.56 Å². The van der Waals surface area contributed by atoms with Crippen molar-refractivity contribution in [3.05, 3.63) is 34.5 Å². The molecule has 0 atom stereocenters. The van der Waals surface area contributed by atoms with Gasteiger partial charge in [0.05, 0.1) is 25.3 Å². The lowest BCUT2D eigenvalue weighted by Crippen LogP contribution is -2.08. The molecule has 0 aromatic carbocycles. The van der Waals surface area contributed by atoms with Crippen LogP contribution < -0.4 is 15.0 Å². The molecule has 8 heteroatoms. The third-order valence-electron chi connectivity index (χ3n) is 3.97. The minimum absolute atomic E-state index is 0.243. The van der Waals surface area contributed by atoms with Crippen LogP contribution in [0.15, 0.2) is 23.3 Å². The summed E-state index contributed by atoms with van der Waals surface area (Å²) in [5.41, 5.74) is 1.67. The summed E-state index contributed by atoms with van der Waals surface area (Å²) in [5.74, 6) is 1.52. The first-order valence-electron chi connectivity index (χ1n) is 7.55. The van der Waals surface area contributed by atoms with Gasteiger partial charge in [-0.1, -0.05) is 0 Å². The van der Waals surface area contributed by atoms with Crippen molar-refractivity contribution in [2.75, 3.05) is 14.2 Å². The summed E-state index contributed by atoms with van der Waals surface area (Å²) in [6.07, 6.45) is 3.61. The van der Waals surface area contributed by atoms with Crippen molar-refractivity contribution in [3.8, 4) is 23.1 Å². The number of aromatic nitrogens is 5. The van der Waals surface area contributed by atoms with E-state index in [0.717, 1.165) is 18.5 Å². The van der Waals surface area contributed by atoms with Crippen LogP contribution in [0, 0.1) is 0 Å². The number of nitrogens with zero attached hydrogens (tertiary/aromatic N) is 4. The Bertz CT molecular complexity index is 981. The molecule has 1 aliphatic carbocycles. The smallest absolute Gasteiger partial charge is 0.249 e. The van der Waals surface area contributed by atoms with Crippen molar-refractivity contribution in [2.45, 2.75) is 18.8 Å². The van der Waals surface area contributed by atoms with E-state index in [0.29, 0.717) is 40.1 Å². The predicted molar refractivity (Wildman–Crippen MR) is 86.3 cm³/mol. The second-order valence-electron chi connectivity index (χ2n) is 5.56. The molecule has 0 spiro atoms. The Morgan fingerprint density at radius 3 is 2.58 bits per heavy atom. The van der Waals surface area contributed by atoms with Gasteiger partial charge in [0.25, 0.3) is 0 Å². The highest BCUT2D eigenvalue weighted by atomic mass is 16.5. The Morgan fingerprint density at radius 2 is 1.88 bits per heavy atom. The zero-order valence-corrected chi connectivity index (χ0v) is 13.2. The molecule has 1 aliphatic rings. The number of methoxy groups -OCH3 is 2. The summed E-state index contributed by atoms with van der Waals surface area (Å²) < 4.78 is 10.7. The monoisotopic (exact) mass is 325 g/mol. The topological polar surface area (TPSA) is 103 Å². The van der Waals surface area contributed by atoms with E-state index < -0.39 is 0 Å². The number of H-pyrrole nitrogens is 1. The average Bonchev–Trinajstić information content (AvgIpc) is 3.44. The van der Waals surface area contributed by atoms with Crippen molar-refractivity contribution < 1.29 is 9.47 Å². The summed E-state index contributed by atoms with van der Waals surface area (Å²) in [6.45, 7) is 0. The highest BCUT2D eigenvalue weighted by Gasteiger charge is 2.31. The lowest BCUT2D eigenvalue weighted by molar-refractivity contribution is 0.395. The molecular formula is C16H15N5O3. The summed E-state index contributed by atoms with van der Waals surface area (Å²) in [7, 11) is 3.07. The second-order valence-corrected chi connectivity index (χ2v) is 5.56. The first-order valence-corrected chi connectivity index (χ1v) is 7.55. The number of rotatable bonds is 4. The highest BCUT2D eigenvalue weighted by molar-refractivity contribution is 5.82. The molecular weight excluding hydrogens is 310 g/mol. The fourth-order valence-corrected chi connectivity index (χ4v) is 2.69. The first-order chi connectivity index (χ1) is 11.7. The summed E-state index contributed by atoms with van der Waals surface area (Å²) in [6, 6.07) is 3.05. The van der Waals surface area contributed by atoms with Crippen LogP contribution in [0.2, 0.25) is 0 Å². The maximum Gasteiger partial charge on any atom is 0.249 e. The van der Waals surface area contributed by atoms with Gasteiger partial charge < -0.3 is 14.5 Å². The molecule has 4 rings (SSSR count). The van der Waals surface area contributed by atoms with Crippen molar-refractivity contribution >= 4 is 11.0 Å². The Balaban J connectivity index is 2.02. The van der Waals surface area contributed by atoms with E-state index in [9.17, 15) is 4.79 Å². The summed E-state index contributed by atoms with van der Waals surface area (Å²) in [4.78, 5) is 31.9. The van der Waals surface area contributed by atoms with Crippen molar-refractivity contribution in [1.29, 1.82) is 0 Å². The number of aromatic amines is 1. The number of ether oxygens (including phenoxy) is 2. The molecule has 3 heterocycles. The number of hydrogen-bond donors (Lipinski definition) is 1. The summed E-state index contributed by atoms with van der Waals surface area (Å²) in [5, 5.41) is 0.629. The molecule has 0 radical (unpaired) electrons. The molecule has 8 nitrogen and oxygen atoms in total. The van der Waals surface area contributed by atoms with E-state index in [1.165, 1.54) is 19.5 Å². The van der Waals surface area contributed by atoms with E-state index in [1.807, 2.05) is 0 Å². The SMILES string of the molecule is COc1ncnc(C2CC2)c1-c1nc(OC)c2ccc(=O)[nH]c2n1. The standard InChI is InChI=1S/C16H15N5O3/c1-23-15-9-5-6-10(22)19-13(9)20-14(21-15)11-12(8-3-4-8)17-7-18-16(11)24-2/h5-8H,3-4H2,1-2H3,(H,19,20,21,22). The van der Waals surface area contributed by atoms with Crippen LogP contribution in [0.3, 0.4) is 0 Å². The lowest BCUT2D eigenvalue weighted by atomic mass is 10.1. The van der Waals surface area contributed by atoms with Crippen molar-refractivity contribution in [1.82, 2.24) is 24.9 Å². The molecule has 122 valence electrons. The largest absolute Gasteiger partial charge is 0.480 e. The fraction of sp³-hybridized carbons (Fsp3) is 0.312. The predicted octanol–water partition coefficient (Wildman–Crippen LogP) is 1.67. The van der Waals surface area contributed by atoms with Gasteiger partial charge in [-0.3, -0.25) is 4.79 Å². The van der Waals surface area contributed by atoms with Gasteiger partial charge in [-0.15, -0.1) is 0 Å². The first kappa shape index (κ1) is 14.6. The molecule has 0 bridgehead atoms. The fourth-order valence-electron chi connectivity index (χ4n) is 2.69. The quantitative estimate of drug-likeness (QED) is 0.778. The third kappa shape index (κ3) is 2.36. The maximum atomic E-state index is 11.6. The van der Waals surface area contributed by atoms with Gasteiger partial charge in [-0.25, -0.2) is 15.0 Å². The van der Waals surface area contributed by atoms with Gasteiger partial charge in [0, 0.05) is 12.0 Å². The Morgan fingerprint density at radius 1 is 1.08 bits per heavy atom. The van der Waals surface area contributed by atoms with Crippen molar-refractivity contribution in [3.63, 3.8) is 0 Å². The molecule has 24 heavy (non-hydrogen) atoms. The van der Waals surface area contributed by atoms with Crippen LogP contribution in [0.5, 0.6) is 11.8 Å². The Labute approximate surface area is 136 Å². The van der Waals surface area contributed by atoms with Crippen LogP contribution in [0.25, 0.3) is 22.4 Å². The third-order valence-corrected chi connectivity index (χ3v) is 3.97. The van der Waals surface area contributed by atoms with Gasteiger partial charge in [-0.2, -0.15) is 4.98 Å². The zero-order valence-electron chi connectivity index (χ0n) is 13.2. The Hall–Kier alpha value is -3.03. The second kappa shape index (κ2) is 5.55. The molecule has 0 saturated heterocycles. The van der Waals surface area contributed by atoms with Crippen LogP contribution in [-0.2, 0) is 0 Å². The van der Waals surface area contributed by atoms with Gasteiger partial charge in [-0.05, 0) is 18.9 Å². The molecule has 0 aliphatic heterocycles. The molecule has 3 aromatic rings. The number of nitrogens with one attached hydrogen (secondary N) is 1. The molecule has 3 aromatic heterocycles. The van der Waals surface area contributed by atoms with E-state index in [4.69, 9.17) is 9.47 Å². The lowest BCUT2D eigenvalue weighted by Gasteiger charge is -2.12. The van der Waals surface area contributed by atoms with Crippen LogP contribution in [0.4, 0.5) is 0 Å². The van der Waals surface area contributed by atoms with Crippen LogP contribution in [-0.4, -0.2) is 39.1 Å². The normalized spacial score (nSPS) is 13.9. The van der Waals surface area contributed by atoms with Crippen molar-refractivity contribution in [2.24, 2.45) is 0 Å². The van der Waals surface area contributed by atoms with Gasteiger partial charge in [0.15, 0.2) is 5.82 Å². The van der Waals surface area contributed by atoms with Gasteiger partial charge in [0.2, 0.25) is 17.3 Å². The van der Waals surface area contributed by atoms with Gasteiger partial charge in [0.1, 0.15) is 17.5 Å². The number of fused-ring (bicyclic) bond motifs is 1. The minimum Gasteiger partial charge on any atom is -0.480 e. The number of hydrogen-bond acceptors (Lipinski definition) is 7. The van der Waals surface area contributed by atoms with E-state index in [2.05, 4.69) is 24.9 Å². The maximum absolute atomic E-state index is 11.6. The molecule has 0 unspecified atom stereocenters. The molecule has 1 fully saturated rings. The summed E-state index contributed by atoms with van der Waals surface area (Å²) >= 11 is 0.